The molecule has 0 radical (unpaired) electrons. The summed E-state index contributed by atoms with van der Waals surface area (Å²) in [4.78, 5) is 9.08. The lowest BCUT2D eigenvalue weighted by Crippen LogP contribution is -2.44. The number of nitrogens with one attached hydrogen (secondary N) is 2. The van der Waals surface area contributed by atoms with Gasteiger partial charge in [0.05, 0.1) is 14.2 Å². The highest BCUT2D eigenvalue weighted by Crippen LogP contribution is 2.30. The Kier molecular flexibility index (Phi) is 8.62. The van der Waals surface area contributed by atoms with Crippen LogP contribution in [-0.2, 0) is 13.1 Å². The predicted octanol–water partition coefficient (Wildman–Crippen LogP) is 3.10. The van der Waals surface area contributed by atoms with Gasteiger partial charge in [0, 0.05) is 63.2 Å². The fourth-order valence-corrected chi connectivity index (χ4v) is 3.92. The molecule has 1 heterocycles. The molecular formula is C25H37N5O2. The van der Waals surface area contributed by atoms with Gasteiger partial charge in [-0.2, -0.15) is 0 Å². The maximum atomic E-state index is 5.42. The van der Waals surface area contributed by atoms with E-state index < -0.39 is 0 Å². The van der Waals surface area contributed by atoms with E-state index in [0.29, 0.717) is 6.04 Å². The minimum Gasteiger partial charge on any atom is -0.497 e. The normalized spacial score (nSPS) is 16.4. The average molecular weight is 440 g/mol. The number of aliphatic imine (C=N–C) groups is 1. The fourth-order valence-electron chi connectivity index (χ4n) is 3.92. The van der Waals surface area contributed by atoms with E-state index in [4.69, 9.17) is 9.47 Å². The molecule has 0 saturated carbocycles. The second kappa shape index (κ2) is 11.6. The van der Waals surface area contributed by atoms with E-state index in [1.54, 1.807) is 14.2 Å². The molecule has 0 bridgehead atoms. The van der Waals surface area contributed by atoms with Gasteiger partial charge in [-0.3, -0.25) is 4.99 Å². The van der Waals surface area contributed by atoms with Gasteiger partial charge < -0.3 is 29.9 Å². The molecule has 174 valence electrons. The van der Waals surface area contributed by atoms with Crippen LogP contribution in [0, 0.1) is 0 Å². The van der Waals surface area contributed by atoms with Crippen molar-refractivity contribution >= 4 is 11.6 Å². The molecule has 7 nitrogen and oxygen atoms in total. The van der Waals surface area contributed by atoms with Gasteiger partial charge in [0.25, 0.3) is 0 Å². The number of hydrogen-bond donors (Lipinski definition) is 2. The molecule has 1 saturated heterocycles. The maximum Gasteiger partial charge on any atom is 0.191 e. The number of methoxy groups -OCH3 is 2. The highest BCUT2D eigenvalue weighted by atomic mass is 16.5. The predicted molar refractivity (Wildman–Crippen MR) is 132 cm³/mol. The summed E-state index contributed by atoms with van der Waals surface area (Å²) in [5, 5.41) is 7.04. The van der Waals surface area contributed by atoms with Gasteiger partial charge in [0.1, 0.15) is 11.5 Å². The fraction of sp³-hybridized carbons (Fsp3) is 0.480. The molecule has 1 atom stereocenters. The van der Waals surface area contributed by atoms with Gasteiger partial charge in [0.2, 0.25) is 0 Å². The quantitative estimate of drug-likeness (QED) is 0.463. The van der Waals surface area contributed by atoms with E-state index in [9.17, 15) is 0 Å². The monoisotopic (exact) mass is 439 g/mol. The Balaban J connectivity index is 1.54. The molecule has 1 aliphatic rings. The molecule has 0 aromatic heterocycles. The highest BCUT2D eigenvalue weighted by molar-refractivity contribution is 5.80. The zero-order valence-electron chi connectivity index (χ0n) is 20.0. The second-order valence-electron chi connectivity index (χ2n) is 8.22. The minimum absolute atomic E-state index is 0.322. The van der Waals surface area contributed by atoms with Crippen LogP contribution in [0.4, 0.5) is 5.69 Å². The van der Waals surface area contributed by atoms with E-state index >= 15 is 0 Å². The number of rotatable bonds is 9. The van der Waals surface area contributed by atoms with E-state index in [0.717, 1.165) is 62.3 Å². The van der Waals surface area contributed by atoms with Crippen LogP contribution >= 0.6 is 0 Å². The van der Waals surface area contributed by atoms with Crippen LogP contribution in [0.25, 0.3) is 0 Å². The minimum atomic E-state index is 0.322. The molecule has 2 N–H and O–H groups in total. The summed E-state index contributed by atoms with van der Waals surface area (Å²) in [5.41, 5.74) is 3.70. The van der Waals surface area contributed by atoms with Gasteiger partial charge in [-0.05, 0) is 31.1 Å². The summed E-state index contributed by atoms with van der Waals surface area (Å²) >= 11 is 0. The summed E-state index contributed by atoms with van der Waals surface area (Å²) in [6.07, 6.45) is 1.04. The third kappa shape index (κ3) is 6.53. The number of hydrogen-bond acceptors (Lipinski definition) is 5. The highest BCUT2D eigenvalue weighted by Gasteiger charge is 2.24. The Labute approximate surface area is 192 Å². The molecule has 7 heteroatoms. The van der Waals surface area contributed by atoms with Crippen molar-refractivity contribution < 1.29 is 9.47 Å². The van der Waals surface area contributed by atoms with Gasteiger partial charge in [-0.1, -0.05) is 31.2 Å². The first kappa shape index (κ1) is 23.7. The van der Waals surface area contributed by atoms with E-state index in [-0.39, 0.29) is 0 Å². The van der Waals surface area contributed by atoms with Crippen LogP contribution in [-0.4, -0.2) is 64.9 Å². The van der Waals surface area contributed by atoms with Gasteiger partial charge >= 0.3 is 0 Å². The first-order valence-corrected chi connectivity index (χ1v) is 11.3. The number of benzene rings is 2. The summed E-state index contributed by atoms with van der Waals surface area (Å²) in [7, 11) is 7.32. The average Bonchev–Trinajstić information content (AvgIpc) is 3.30. The zero-order valence-corrected chi connectivity index (χ0v) is 20.0. The molecule has 1 unspecified atom stereocenters. The molecule has 1 aliphatic heterocycles. The molecule has 0 spiro atoms. The summed E-state index contributed by atoms with van der Waals surface area (Å²) in [6, 6.07) is 15.1. The Hall–Kier alpha value is -2.93. The summed E-state index contributed by atoms with van der Waals surface area (Å²) in [5.74, 6) is 2.44. The maximum absolute atomic E-state index is 5.42. The van der Waals surface area contributed by atoms with Crippen LogP contribution in [0.1, 0.15) is 24.5 Å². The lowest BCUT2D eigenvalue weighted by Gasteiger charge is -2.21. The van der Waals surface area contributed by atoms with Crippen molar-refractivity contribution in [3.05, 3.63) is 53.6 Å². The largest absolute Gasteiger partial charge is 0.497 e. The van der Waals surface area contributed by atoms with Gasteiger partial charge in [0.15, 0.2) is 5.96 Å². The van der Waals surface area contributed by atoms with Crippen molar-refractivity contribution in [2.75, 3.05) is 52.8 Å². The number of anilines is 1. The Morgan fingerprint density at radius 2 is 1.84 bits per heavy atom. The van der Waals surface area contributed by atoms with Crippen LogP contribution in [0.2, 0.25) is 0 Å². The molecular weight excluding hydrogens is 402 g/mol. The van der Waals surface area contributed by atoms with E-state index in [2.05, 4.69) is 75.8 Å². The molecule has 0 aliphatic carbocycles. The van der Waals surface area contributed by atoms with Crippen molar-refractivity contribution in [3.8, 4) is 11.5 Å². The standard InChI is InChI=1S/C25H37N5O2/c1-6-29(3)17-20-9-7-8-19(12-20)16-27-25(26-2)28-21-10-11-30(18-21)22-13-23(31-4)15-24(14-22)32-5/h7-9,12-15,21H,6,10-11,16-18H2,1-5H3,(H2,26,27,28). The molecule has 2 aromatic rings. The molecule has 1 fully saturated rings. The van der Waals surface area contributed by atoms with Crippen molar-refractivity contribution in [3.63, 3.8) is 0 Å². The molecule has 2 aromatic carbocycles. The van der Waals surface area contributed by atoms with E-state index in [1.165, 1.54) is 11.1 Å². The van der Waals surface area contributed by atoms with Crippen molar-refractivity contribution in [2.24, 2.45) is 4.99 Å². The van der Waals surface area contributed by atoms with Gasteiger partial charge in [-0.25, -0.2) is 0 Å². The molecule has 0 amide bonds. The van der Waals surface area contributed by atoms with Gasteiger partial charge in [-0.15, -0.1) is 0 Å². The Morgan fingerprint density at radius 1 is 1.12 bits per heavy atom. The van der Waals surface area contributed by atoms with Crippen LogP contribution < -0.4 is 25.0 Å². The number of guanidine groups is 1. The Bertz CT molecular complexity index is 879. The van der Waals surface area contributed by atoms with Crippen molar-refractivity contribution in [2.45, 2.75) is 32.5 Å². The summed E-state index contributed by atoms with van der Waals surface area (Å²) in [6.45, 7) is 6.79. The Morgan fingerprint density at radius 3 is 2.50 bits per heavy atom. The van der Waals surface area contributed by atoms with Crippen LogP contribution in [0.5, 0.6) is 11.5 Å². The number of ether oxygens (including phenoxy) is 2. The first-order valence-electron chi connectivity index (χ1n) is 11.3. The second-order valence-corrected chi connectivity index (χ2v) is 8.22. The number of nitrogens with zero attached hydrogens (tertiary/aromatic N) is 3. The van der Waals surface area contributed by atoms with Crippen LogP contribution in [0.3, 0.4) is 0 Å². The summed E-state index contributed by atoms with van der Waals surface area (Å²) < 4.78 is 10.8. The SMILES string of the molecule is CCN(C)Cc1cccc(CNC(=NC)NC2CCN(c3cc(OC)cc(OC)c3)C2)c1. The lowest BCUT2D eigenvalue weighted by atomic mass is 10.1. The lowest BCUT2D eigenvalue weighted by molar-refractivity contribution is 0.345. The molecule has 32 heavy (non-hydrogen) atoms. The smallest absolute Gasteiger partial charge is 0.191 e. The third-order valence-electron chi connectivity index (χ3n) is 5.90. The topological polar surface area (TPSA) is 61.4 Å². The van der Waals surface area contributed by atoms with Crippen LogP contribution in [0.15, 0.2) is 47.5 Å². The van der Waals surface area contributed by atoms with Crippen molar-refractivity contribution in [1.82, 2.24) is 15.5 Å². The third-order valence-corrected chi connectivity index (χ3v) is 5.90. The molecule has 3 rings (SSSR count). The zero-order chi connectivity index (χ0) is 22.9. The van der Waals surface area contributed by atoms with Crippen molar-refractivity contribution in [1.29, 1.82) is 0 Å². The van der Waals surface area contributed by atoms with E-state index in [1.807, 2.05) is 13.1 Å². The first-order chi connectivity index (χ1) is 15.5.